The van der Waals surface area contributed by atoms with Crippen molar-refractivity contribution in [2.24, 2.45) is 0 Å². The summed E-state index contributed by atoms with van der Waals surface area (Å²) in [5, 5.41) is 19.9. The molecule has 0 amide bonds. The van der Waals surface area contributed by atoms with Crippen LogP contribution in [0, 0.1) is 11.7 Å². The highest BCUT2D eigenvalue weighted by atomic mass is 32.1. The third-order valence-electron chi connectivity index (χ3n) is 3.16. The van der Waals surface area contributed by atoms with Crippen molar-refractivity contribution in [3.8, 4) is 0 Å². The number of hydrogen-bond donors (Lipinski definition) is 5. The third kappa shape index (κ3) is 3.70. The lowest BCUT2D eigenvalue weighted by Gasteiger charge is -2.18. The lowest BCUT2D eigenvalue weighted by molar-refractivity contribution is -0.0534. The third-order valence-corrected chi connectivity index (χ3v) is 3.96. The molecule has 5 N–H and O–H groups in total. The first-order chi connectivity index (χ1) is 10.1. The summed E-state index contributed by atoms with van der Waals surface area (Å²) < 4.78 is 21.5. The number of H-pyrrole nitrogens is 1. The van der Waals surface area contributed by atoms with Crippen molar-refractivity contribution in [3.63, 3.8) is 0 Å². The van der Waals surface area contributed by atoms with Crippen molar-refractivity contribution in [3.05, 3.63) is 26.9 Å². The fourth-order valence-corrected chi connectivity index (χ4v) is 2.63. The normalized spacial score (nSPS) is 29.0. The van der Waals surface area contributed by atoms with Gasteiger partial charge in [-0.05, 0) is 19.1 Å². The number of nitrogens with one attached hydrogen (secondary N) is 1. The molecule has 1 aliphatic heterocycles. The van der Waals surface area contributed by atoms with Gasteiger partial charge in [-0.15, -0.1) is 0 Å². The van der Waals surface area contributed by atoms with E-state index in [0.717, 1.165) is 0 Å². The van der Waals surface area contributed by atoms with Crippen molar-refractivity contribution in [2.75, 3.05) is 6.61 Å². The van der Waals surface area contributed by atoms with Crippen molar-refractivity contribution in [2.45, 2.75) is 31.5 Å². The minimum Gasteiger partial charge on any atom is -0.387 e. The SMILES string of the molecule is Cc1cn([C@@H]2O[C@H](COP(=O)(O)O)[C@@H](O)[C@H]2O)c(=S)[nH]c1=O. The van der Waals surface area contributed by atoms with Gasteiger partial charge in [0.05, 0.1) is 6.61 Å². The number of rotatable bonds is 4. The predicted molar refractivity (Wildman–Crippen MR) is 74.5 cm³/mol. The zero-order valence-electron chi connectivity index (χ0n) is 11.3. The van der Waals surface area contributed by atoms with Crippen molar-refractivity contribution in [1.29, 1.82) is 0 Å². The Morgan fingerprint density at radius 2 is 2.09 bits per heavy atom. The minimum absolute atomic E-state index is 0.0246. The summed E-state index contributed by atoms with van der Waals surface area (Å²) in [6.45, 7) is 0.908. The smallest absolute Gasteiger partial charge is 0.387 e. The van der Waals surface area contributed by atoms with E-state index in [1.54, 1.807) is 0 Å². The first-order valence-corrected chi connectivity index (χ1v) is 8.08. The van der Waals surface area contributed by atoms with Gasteiger partial charge in [-0.1, -0.05) is 0 Å². The van der Waals surface area contributed by atoms with Gasteiger partial charge in [-0.3, -0.25) is 18.9 Å². The highest BCUT2D eigenvalue weighted by molar-refractivity contribution is 7.71. The van der Waals surface area contributed by atoms with Crippen LogP contribution in [-0.4, -0.2) is 54.5 Å². The number of aryl methyl sites for hydroxylation is 1. The lowest BCUT2D eigenvalue weighted by Crippen LogP contribution is -2.34. The highest BCUT2D eigenvalue weighted by Crippen LogP contribution is 2.38. The van der Waals surface area contributed by atoms with E-state index in [4.69, 9.17) is 26.7 Å². The van der Waals surface area contributed by atoms with Gasteiger partial charge in [-0.2, -0.15) is 0 Å². The molecule has 1 aliphatic rings. The Bertz CT molecular complexity index is 712. The number of aromatic amines is 1. The fourth-order valence-electron chi connectivity index (χ4n) is 2.04. The van der Waals surface area contributed by atoms with Gasteiger partial charge in [0.1, 0.15) is 18.3 Å². The summed E-state index contributed by atoms with van der Waals surface area (Å²) in [4.78, 5) is 31.1. The first-order valence-electron chi connectivity index (χ1n) is 6.14. The molecule has 124 valence electrons. The van der Waals surface area contributed by atoms with Gasteiger partial charge in [0.15, 0.2) is 11.0 Å². The Labute approximate surface area is 129 Å². The van der Waals surface area contributed by atoms with Gasteiger partial charge >= 0.3 is 7.82 Å². The van der Waals surface area contributed by atoms with E-state index in [1.807, 2.05) is 0 Å². The zero-order chi connectivity index (χ0) is 16.7. The van der Waals surface area contributed by atoms with Crippen LogP contribution in [0.1, 0.15) is 11.8 Å². The molecule has 0 spiro atoms. The predicted octanol–water partition coefficient (Wildman–Crippen LogP) is -1.06. The molecule has 1 aromatic heterocycles. The average Bonchev–Trinajstić information content (AvgIpc) is 2.68. The number of hydrogen-bond acceptors (Lipinski definition) is 7. The van der Waals surface area contributed by atoms with E-state index >= 15 is 0 Å². The van der Waals surface area contributed by atoms with E-state index in [9.17, 15) is 19.6 Å². The molecule has 12 heteroatoms. The lowest BCUT2D eigenvalue weighted by atomic mass is 10.1. The van der Waals surface area contributed by atoms with Crippen LogP contribution in [0.5, 0.6) is 0 Å². The molecule has 1 aromatic rings. The second-order valence-corrected chi connectivity index (χ2v) is 6.44. The number of ether oxygens (including phenoxy) is 1. The molecule has 0 unspecified atom stereocenters. The van der Waals surface area contributed by atoms with Gasteiger partial charge in [0, 0.05) is 11.8 Å². The largest absolute Gasteiger partial charge is 0.469 e. The summed E-state index contributed by atoms with van der Waals surface area (Å²) in [5.74, 6) is 0. The molecule has 1 saturated heterocycles. The van der Waals surface area contributed by atoms with Gasteiger partial charge < -0.3 is 24.7 Å². The molecule has 22 heavy (non-hydrogen) atoms. The molecule has 0 aromatic carbocycles. The number of aromatic nitrogens is 2. The molecule has 2 rings (SSSR count). The standard InChI is InChI=1S/C10H15N2O8PS/c1-4-2-12(10(22)11-8(4)15)9-7(14)6(13)5(20-9)3-19-21(16,17)18/h2,5-7,9,13-14H,3H2,1H3,(H,11,15,22)(H2,16,17,18)/t5-,6-,7-,9-/m1/s1. The molecular formula is C10H15N2O8PS. The zero-order valence-corrected chi connectivity index (χ0v) is 13.0. The molecule has 2 heterocycles. The second kappa shape index (κ2) is 6.30. The maximum Gasteiger partial charge on any atom is 0.469 e. The monoisotopic (exact) mass is 354 g/mol. The molecular weight excluding hydrogens is 339 g/mol. The van der Waals surface area contributed by atoms with Crippen LogP contribution in [0.2, 0.25) is 0 Å². The van der Waals surface area contributed by atoms with Crippen molar-refractivity contribution >= 4 is 20.0 Å². The van der Waals surface area contributed by atoms with Gasteiger partial charge in [-0.25, -0.2) is 4.57 Å². The number of aliphatic hydroxyl groups excluding tert-OH is 2. The summed E-state index contributed by atoms with van der Waals surface area (Å²) in [7, 11) is -4.73. The maximum atomic E-state index is 11.4. The Morgan fingerprint density at radius 3 is 2.68 bits per heavy atom. The van der Waals surface area contributed by atoms with Crippen molar-refractivity contribution in [1.82, 2.24) is 9.55 Å². The van der Waals surface area contributed by atoms with Crippen LogP contribution in [-0.2, 0) is 13.8 Å². The topological polar surface area (TPSA) is 154 Å². The molecule has 10 nitrogen and oxygen atoms in total. The molecule has 0 aliphatic carbocycles. The van der Waals surface area contributed by atoms with E-state index in [2.05, 4.69) is 9.51 Å². The van der Waals surface area contributed by atoms with Crippen LogP contribution >= 0.6 is 20.0 Å². The van der Waals surface area contributed by atoms with Crippen LogP contribution in [0.25, 0.3) is 0 Å². The summed E-state index contributed by atoms with van der Waals surface area (Å²) in [6, 6.07) is 0. The van der Waals surface area contributed by atoms with Crippen LogP contribution in [0.3, 0.4) is 0 Å². The number of aliphatic hydroxyl groups is 2. The first kappa shape index (κ1) is 17.4. The average molecular weight is 354 g/mol. The Kier molecular flexibility index (Phi) is 5.00. The number of phosphoric acid groups is 1. The fraction of sp³-hybridized carbons (Fsp3) is 0.600. The van der Waals surface area contributed by atoms with Crippen LogP contribution in [0.15, 0.2) is 11.0 Å². The number of nitrogens with zero attached hydrogens (tertiary/aromatic N) is 1. The Hall–Kier alpha value is -0.910. The van der Waals surface area contributed by atoms with Gasteiger partial charge in [0.25, 0.3) is 5.56 Å². The summed E-state index contributed by atoms with van der Waals surface area (Å²) >= 11 is 4.97. The maximum absolute atomic E-state index is 11.4. The van der Waals surface area contributed by atoms with E-state index < -0.39 is 44.5 Å². The molecule has 4 atom stereocenters. The summed E-state index contributed by atoms with van der Waals surface area (Å²) in [6.07, 6.45) is -3.79. The molecule has 1 fully saturated rings. The van der Waals surface area contributed by atoms with E-state index in [-0.39, 0.29) is 4.77 Å². The molecule has 0 saturated carbocycles. The molecule has 0 radical (unpaired) electrons. The van der Waals surface area contributed by atoms with E-state index in [0.29, 0.717) is 5.56 Å². The highest BCUT2D eigenvalue weighted by Gasteiger charge is 2.44. The van der Waals surface area contributed by atoms with Crippen LogP contribution < -0.4 is 5.56 Å². The van der Waals surface area contributed by atoms with E-state index in [1.165, 1.54) is 17.7 Å². The minimum atomic E-state index is -4.73. The van der Waals surface area contributed by atoms with Crippen LogP contribution in [0.4, 0.5) is 0 Å². The Balaban J connectivity index is 2.23. The molecule has 0 bridgehead atoms. The van der Waals surface area contributed by atoms with Crippen molar-refractivity contribution < 1.29 is 33.8 Å². The second-order valence-electron chi connectivity index (χ2n) is 4.81. The quantitative estimate of drug-likeness (QED) is 0.336. The summed E-state index contributed by atoms with van der Waals surface area (Å²) in [5.41, 5.74) is -0.0792. The van der Waals surface area contributed by atoms with Gasteiger partial charge in [0.2, 0.25) is 0 Å². The number of phosphoric ester groups is 1. The Morgan fingerprint density at radius 1 is 1.45 bits per heavy atom.